The summed E-state index contributed by atoms with van der Waals surface area (Å²) in [5, 5.41) is 9.36. The monoisotopic (exact) mass is 400 g/mol. The van der Waals surface area contributed by atoms with Gasteiger partial charge >= 0.3 is 5.97 Å². The Morgan fingerprint density at radius 2 is 1.96 bits per heavy atom. The van der Waals surface area contributed by atoms with Gasteiger partial charge in [0, 0.05) is 18.6 Å². The number of hydrogen-bond acceptors (Lipinski definition) is 7. The van der Waals surface area contributed by atoms with E-state index in [4.69, 9.17) is 9.47 Å². The normalized spacial score (nSPS) is 10.7. The number of nitrogens with zero attached hydrogens (tertiary/aromatic N) is 3. The van der Waals surface area contributed by atoms with E-state index in [-0.39, 0.29) is 5.69 Å². The molecular formula is C19H20N4O4S. The molecule has 8 nitrogen and oxygen atoms in total. The minimum atomic E-state index is -0.656. The molecule has 0 saturated heterocycles. The van der Waals surface area contributed by atoms with Gasteiger partial charge in [-0.3, -0.25) is 4.79 Å². The number of thiazole rings is 1. The molecular weight excluding hydrogens is 380 g/mol. The van der Waals surface area contributed by atoms with Gasteiger partial charge in [0.05, 0.1) is 18.0 Å². The zero-order valence-electron chi connectivity index (χ0n) is 15.8. The fourth-order valence-electron chi connectivity index (χ4n) is 2.45. The Morgan fingerprint density at radius 1 is 1.21 bits per heavy atom. The lowest BCUT2D eigenvalue weighted by Crippen LogP contribution is -2.22. The van der Waals surface area contributed by atoms with Crippen LogP contribution in [0.1, 0.15) is 26.8 Å². The van der Waals surface area contributed by atoms with Crippen LogP contribution in [-0.4, -0.2) is 40.4 Å². The fourth-order valence-corrected chi connectivity index (χ4v) is 3.18. The Morgan fingerprint density at radius 3 is 2.68 bits per heavy atom. The van der Waals surface area contributed by atoms with Gasteiger partial charge in [-0.2, -0.15) is 5.10 Å². The van der Waals surface area contributed by atoms with Gasteiger partial charge in [0.2, 0.25) is 0 Å². The van der Waals surface area contributed by atoms with E-state index in [1.807, 2.05) is 38.1 Å². The number of methoxy groups -OCH3 is 1. The molecule has 2 aromatic heterocycles. The predicted molar refractivity (Wildman–Crippen MR) is 105 cm³/mol. The topological polar surface area (TPSA) is 95.3 Å². The number of hydrogen-bond donors (Lipinski definition) is 1. The van der Waals surface area contributed by atoms with Gasteiger partial charge in [0.1, 0.15) is 10.8 Å². The Kier molecular flexibility index (Phi) is 6.17. The van der Waals surface area contributed by atoms with Crippen molar-refractivity contribution in [2.45, 2.75) is 20.5 Å². The Labute approximate surface area is 166 Å². The van der Waals surface area contributed by atoms with Gasteiger partial charge in [-0.1, -0.05) is 17.7 Å². The van der Waals surface area contributed by atoms with Gasteiger partial charge in [0.25, 0.3) is 5.91 Å². The predicted octanol–water partition coefficient (Wildman–Crippen LogP) is 2.89. The molecule has 1 aromatic carbocycles. The van der Waals surface area contributed by atoms with Crippen LogP contribution in [0.3, 0.4) is 0 Å². The second kappa shape index (κ2) is 8.77. The molecule has 0 spiro atoms. The van der Waals surface area contributed by atoms with Crippen molar-refractivity contribution in [1.29, 1.82) is 0 Å². The molecule has 28 heavy (non-hydrogen) atoms. The minimum absolute atomic E-state index is 0.158. The average molecular weight is 400 g/mol. The molecule has 2 heterocycles. The van der Waals surface area contributed by atoms with Crippen molar-refractivity contribution >= 4 is 29.0 Å². The number of aromatic nitrogens is 3. The van der Waals surface area contributed by atoms with E-state index < -0.39 is 18.5 Å². The highest BCUT2D eigenvalue weighted by Crippen LogP contribution is 2.18. The van der Waals surface area contributed by atoms with Crippen LogP contribution in [0, 0.1) is 13.8 Å². The molecule has 3 aromatic rings. The van der Waals surface area contributed by atoms with Crippen LogP contribution >= 0.6 is 11.3 Å². The van der Waals surface area contributed by atoms with Crippen molar-refractivity contribution in [3.05, 3.63) is 57.7 Å². The number of carbonyl (C=O) groups excluding carboxylic acids is 2. The molecule has 0 aliphatic rings. The minimum Gasteiger partial charge on any atom is -0.451 e. The van der Waals surface area contributed by atoms with Gasteiger partial charge in [0.15, 0.2) is 12.3 Å². The van der Waals surface area contributed by atoms with Crippen LogP contribution in [-0.2, 0) is 20.9 Å². The van der Waals surface area contributed by atoms with E-state index in [1.54, 1.807) is 23.2 Å². The van der Waals surface area contributed by atoms with Crippen LogP contribution in [0.25, 0.3) is 5.69 Å². The summed E-state index contributed by atoms with van der Waals surface area (Å²) in [6, 6.07) is 9.50. The first-order valence-corrected chi connectivity index (χ1v) is 9.38. The first kappa shape index (κ1) is 19.7. The largest absolute Gasteiger partial charge is 0.451 e. The number of amides is 1. The molecule has 0 bridgehead atoms. The lowest BCUT2D eigenvalue weighted by Gasteiger charge is -2.09. The van der Waals surface area contributed by atoms with Gasteiger partial charge < -0.3 is 14.8 Å². The molecule has 0 unspecified atom stereocenters. The summed E-state index contributed by atoms with van der Waals surface area (Å²) in [6.07, 6.45) is 0. The second-order valence-electron chi connectivity index (χ2n) is 6.10. The maximum absolute atomic E-state index is 12.2. The Bertz CT molecular complexity index is 978. The number of carbonyl (C=O) groups is 2. The van der Waals surface area contributed by atoms with E-state index in [0.717, 1.165) is 16.9 Å². The van der Waals surface area contributed by atoms with Crippen LogP contribution < -0.4 is 5.32 Å². The molecule has 146 valence electrons. The van der Waals surface area contributed by atoms with Crippen LogP contribution in [0.15, 0.2) is 35.7 Å². The van der Waals surface area contributed by atoms with E-state index >= 15 is 0 Å². The van der Waals surface area contributed by atoms with Crippen molar-refractivity contribution in [3.8, 4) is 5.69 Å². The summed E-state index contributed by atoms with van der Waals surface area (Å²) < 4.78 is 11.6. The van der Waals surface area contributed by atoms with Crippen molar-refractivity contribution in [1.82, 2.24) is 14.8 Å². The van der Waals surface area contributed by atoms with E-state index in [1.165, 1.54) is 11.3 Å². The first-order valence-electron chi connectivity index (χ1n) is 8.50. The average Bonchev–Trinajstić information content (AvgIpc) is 3.27. The zero-order chi connectivity index (χ0) is 20.1. The zero-order valence-corrected chi connectivity index (χ0v) is 16.6. The number of rotatable bonds is 7. The smallest absolute Gasteiger partial charge is 0.358 e. The van der Waals surface area contributed by atoms with Crippen LogP contribution in [0.4, 0.5) is 5.82 Å². The molecule has 1 N–H and O–H groups in total. The SMILES string of the molecule is COCc1nc(C(=O)OCC(=O)Nc2cc(C)nn2-c2ccc(C)cc2)cs1. The van der Waals surface area contributed by atoms with Crippen LogP contribution in [0.5, 0.6) is 0 Å². The summed E-state index contributed by atoms with van der Waals surface area (Å²) in [5.41, 5.74) is 2.85. The molecule has 1 amide bonds. The number of benzene rings is 1. The fraction of sp³-hybridized carbons (Fsp3) is 0.263. The number of ether oxygens (including phenoxy) is 2. The van der Waals surface area contributed by atoms with E-state index in [0.29, 0.717) is 17.4 Å². The number of aryl methyl sites for hydroxylation is 2. The van der Waals surface area contributed by atoms with E-state index in [2.05, 4.69) is 15.4 Å². The third-order valence-corrected chi connectivity index (χ3v) is 4.56. The summed E-state index contributed by atoms with van der Waals surface area (Å²) >= 11 is 1.29. The highest BCUT2D eigenvalue weighted by Gasteiger charge is 2.16. The molecule has 3 rings (SSSR count). The molecule has 0 atom stereocenters. The Balaban J connectivity index is 1.62. The van der Waals surface area contributed by atoms with Crippen molar-refractivity contribution in [2.75, 3.05) is 19.0 Å². The standard InChI is InChI=1S/C19H20N4O4S/c1-12-4-6-14(7-5-12)23-16(8-13(2)22-23)21-17(24)9-27-19(25)15-11-28-18(20-15)10-26-3/h4-8,11H,9-10H2,1-3H3,(H,21,24). The van der Waals surface area contributed by atoms with Crippen LogP contribution in [0.2, 0.25) is 0 Å². The summed E-state index contributed by atoms with van der Waals surface area (Å²) in [4.78, 5) is 28.4. The van der Waals surface area contributed by atoms with Crippen molar-refractivity contribution in [3.63, 3.8) is 0 Å². The summed E-state index contributed by atoms with van der Waals surface area (Å²) in [5.74, 6) is -0.621. The lowest BCUT2D eigenvalue weighted by molar-refractivity contribution is -0.119. The lowest BCUT2D eigenvalue weighted by atomic mass is 10.2. The van der Waals surface area contributed by atoms with Crippen molar-refractivity contribution < 1.29 is 19.1 Å². The number of esters is 1. The summed E-state index contributed by atoms with van der Waals surface area (Å²) in [6.45, 7) is 3.73. The molecule has 0 saturated carbocycles. The van der Waals surface area contributed by atoms with Gasteiger partial charge in [-0.15, -0.1) is 11.3 Å². The third kappa shape index (κ3) is 4.81. The molecule has 0 fully saturated rings. The van der Waals surface area contributed by atoms with Gasteiger partial charge in [-0.25, -0.2) is 14.5 Å². The highest BCUT2D eigenvalue weighted by molar-refractivity contribution is 7.09. The third-order valence-electron chi connectivity index (χ3n) is 3.74. The van der Waals surface area contributed by atoms with Gasteiger partial charge in [-0.05, 0) is 26.0 Å². The molecule has 0 aliphatic carbocycles. The highest BCUT2D eigenvalue weighted by atomic mass is 32.1. The maximum atomic E-state index is 12.2. The quantitative estimate of drug-likeness (QED) is 0.613. The number of anilines is 1. The Hall–Kier alpha value is -3.04. The number of nitrogens with one attached hydrogen (secondary N) is 1. The maximum Gasteiger partial charge on any atom is 0.358 e. The summed E-state index contributed by atoms with van der Waals surface area (Å²) in [7, 11) is 1.55. The second-order valence-corrected chi connectivity index (χ2v) is 7.04. The first-order chi connectivity index (χ1) is 13.5. The van der Waals surface area contributed by atoms with E-state index in [9.17, 15) is 9.59 Å². The molecule has 0 radical (unpaired) electrons. The molecule has 0 aliphatic heterocycles. The molecule has 9 heteroatoms. The van der Waals surface area contributed by atoms with Crippen molar-refractivity contribution in [2.24, 2.45) is 0 Å².